The van der Waals surface area contributed by atoms with Crippen molar-refractivity contribution in [1.29, 1.82) is 0 Å². The molecule has 6 nitrogen and oxygen atoms in total. The van der Waals surface area contributed by atoms with Gasteiger partial charge in [-0.2, -0.15) is 18.2 Å². The summed E-state index contributed by atoms with van der Waals surface area (Å²) in [6.07, 6.45) is -3.48. The number of anilines is 1. The van der Waals surface area contributed by atoms with E-state index in [1.54, 1.807) is 0 Å². The number of rotatable bonds is 1. The zero-order chi connectivity index (χ0) is 11.1. The third-order valence-electron chi connectivity index (χ3n) is 1.55. The van der Waals surface area contributed by atoms with Gasteiger partial charge in [0.15, 0.2) is 11.2 Å². The van der Waals surface area contributed by atoms with Crippen molar-refractivity contribution in [3.8, 4) is 0 Å². The van der Waals surface area contributed by atoms with Crippen molar-refractivity contribution in [2.45, 2.75) is 6.30 Å². The van der Waals surface area contributed by atoms with E-state index in [0.717, 1.165) is 5.32 Å². The maximum Gasteiger partial charge on any atom is 0.484 e. The Kier molecular flexibility index (Phi) is 1.88. The molecular formula is C6H4F3N5O. The minimum Gasteiger partial charge on any atom is -0.329 e. The first kappa shape index (κ1) is 9.49. The Hall–Kier alpha value is -2.06. The second-order valence-corrected chi connectivity index (χ2v) is 2.64. The highest BCUT2D eigenvalue weighted by Gasteiger charge is 2.28. The van der Waals surface area contributed by atoms with Crippen molar-refractivity contribution in [3.63, 3.8) is 0 Å². The molecule has 0 radical (unpaired) electrons. The topological polar surface area (TPSA) is 86.5 Å². The molecule has 9 heteroatoms. The van der Waals surface area contributed by atoms with Gasteiger partial charge in [0.1, 0.15) is 0 Å². The van der Waals surface area contributed by atoms with E-state index in [2.05, 4.69) is 15.0 Å². The lowest BCUT2D eigenvalue weighted by atomic mass is 10.5. The van der Waals surface area contributed by atoms with Crippen LogP contribution in [0.2, 0.25) is 0 Å². The summed E-state index contributed by atoms with van der Waals surface area (Å²) in [6, 6.07) is 0. The summed E-state index contributed by atoms with van der Waals surface area (Å²) in [5.41, 5.74) is -0.791. The molecule has 2 rings (SSSR count). The van der Waals surface area contributed by atoms with Crippen LogP contribution in [0.15, 0.2) is 11.1 Å². The van der Waals surface area contributed by atoms with Gasteiger partial charge in [-0.15, -0.1) is 0 Å². The van der Waals surface area contributed by atoms with Gasteiger partial charge in [-0.25, -0.2) is 4.98 Å². The van der Waals surface area contributed by atoms with E-state index in [1.807, 2.05) is 4.98 Å². The summed E-state index contributed by atoms with van der Waals surface area (Å²) in [7, 11) is 0. The molecule has 0 aliphatic rings. The van der Waals surface area contributed by atoms with Crippen LogP contribution in [0.5, 0.6) is 0 Å². The van der Waals surface area contributed by atoms with Gasteiger partial charge in [0, 0.05) is 0 Å². The number of fused-ring (bicyclic) bond motifs is 1. The SMILES string of the molecule is O=c1[nH]c(NC(F)(F)F)nc2[nH]cnc12. The van der Waals surface area contributed by atoms with Gasteiger partial charge in [-0.3, -0.25) is 15.1 Å². The molecule has 2 heterocycles. The zero-order valence-electron chi connectivity index (χ0n) is 7.01. The molecule has 0 aromatic carbocycles. The molecule has 0 amide bonds. The molecule has 0 unspecified atom stereocenters. The molecule has 3 N–H and O–H groups in total. The van der Waals surface area contributed by atoms with Crippen LogP contribution in [0, 0.1) is 0 Å². The Balaban J connectivity index is 2.50. The lowest BCUT2D eigenvalue weighted by molar-refractivity contribution is -0.101. The Labute approximate surface area is 79.6 Å². The Morgan fingerprint density at radius 2 is 2.13 bits per heavy atom. The first-order chi connectivity index (χ1) is 6.96. The molecule has 0 aliphatic heterocycles. The number of nitrogens with one attached hydrogen (secondary N) is 3. The van der Waals surface area contributed by atoms with E-state index in [0.29, 0.717) is 0 Å². The minimum absolute atomic E-state index is 0.00880. The van der Waals surface area contributed by atoms with Crippen LogP contribution in [-0.2, 0) is 0 Å². The molecular weight excluding hydrogens is 215 g/mol. The van der Waals surface area contributed by atoms with E-state index in [1.165, 1.54) is 6.33 Å². The number of imidazole rings is 1. The van der Waals surface area contributed by atoms with Crippen LogP contribution in [-0.4, -0.2) is 26.2 Å². The van der Waals surface area contributed by atoms with Crippen molar-refractivity contribution >= 4 is 17.1 Å². The number of hydrogen-bond acceptors (Lipinski definition) is 4. The van der Waals surface area contributed by atoms with E-state index in [9.17, 15) is 18.0 Å². The van der Waals surface area contributed by atoms with Crippen LogP contribution >= 0.6 is 0 Å². The van der Waals surface area contributed by atoms with Gasteiger partial charge in [-0.1, -0.05) is 0 Å². The van der Waals surface area contributed by atoms with Gasteiger partial charge in [0.2, 0.25) is 5.95 Å². The second kappa shape index (κ2) is 2.97. The number of nitrogens with zero attached hydrogens (tertiary/aromatic N) is 2. The summed E-state index contributed by atoms with van der Waals surface area (Å²) in [6.45, 7) is 0. The largest absolute Gasteiger partial charge is 0.484 e. The average Bonchev–Trinajstić information content (AvgIpc) is 2.48. The molecule has 0 spiro atoms. The molecule has 0 saturated heterocycles. The predicted octanol–water partition coefficient (Wildman–Crippen LogP) is 0.578. The zero-order valence-corrected chi connectivity index (χ0v) is 7.01. The molecule has 2 aromatic heterocycles. The van der Waals surface area contributed by atoms with Crippen LogP contribution in [0.1, 0.15) is 0 Å². The molecule has 15 heavy (non-hydrogen) atoms. The standard InChI is InChI=1S/C6H4F3N5O/c7-6(8,9)14-5-12-3-2(4(15)13-5)10-1-11-3/h1H,(H3,10,11,12,13,14,15). The van der Waals surface area contributed by atoms with Gasteiger partial charge < -0.3 is 4.98 Å². The number of hydrogen-bond donors (Lipinski definition) is 3. The van der Waals surface area contributed by atoms with Crippen molar-refractivity contribution in [1.82, 2.24) is 19.9 Å². The summed E-state index contributed by atoms with van der Waals surface area (Å²) in [5, 5.41) is 1.09. The van der Waals surface area contributed by atoms with E-state index >= 15 is 0 Å². The lowest BCUT2D eigenvalue weighted by Gasteiger charge is -2.07. The average molecular weight is 219 g/mol. The van der Waals surface area contributed by atoms with E-state index in [-0.39, 0.29) is 11.2 Å². The summed E-state index contributed by atoms with van der Waals surface area (Å²) in [4.78, 5) is 22.6. The Morgan fingerprint density at radius 1 is 1.40 bits per heavy atom. The van der Waals surface area contributed by atoms with Crippen LogP contribution < -0.4 is 10.9 Å². The fourth-order valence-corrected chi connectivity index (χ4v) is 1.04. The predicted molar refractivity (Wildman–Crippen MR) is 44.2 cm³/mol. The Bertz CT molecular complexity index is 541. The normalized spacial score (nSPS) is 11.9. The number of alkyl halides is 3. The minimum atomic E-state index is -4.65. The van der Waals surface area contributed by atoms with Gasteiger partial charge in [0.05, 0.1) is 6.33 Å². The lowest BCUT2D eigenvalue weighted by Crippen LogP contribution is -2.24. The third kappa shape index (κ3) is 1.90. The summed E-state index contributed by atoms with van der Waals surface area (Å²) < 4.78 is 35.7. The first-order valence-electron chi connectivity index (χ1n) is 3.74. The van der Waals surface area contributed by atoms with Crippen LogP contribution in [0.4, 0.5) is 19.1 Å². The van der Waals surface area contributed by atoms with Crippen LogP contribution in [0.25, 0.3) is 11.2 Å². The fourth-order valence-electron chi connectivity index (χ4n) is 1.04. The van der Waals surface area contributed by atoms with Crippen molar-refractivity contribution in [3.05, 3.63) is 16.7 Å². The molecule has 0 bridgehead atoms. The number of aromatic amines is 2. The van der Waals surface area contributed by atoms with E-state index < -0.39 is 17.8 Å². The van der Waals surface area contributed by atoms with Crippen molar-refractivity contribution in [2.24, 2.45) is 0 Å². The second-order valence-electron chi connectivity index (χ2n) is 2.64. The molecule has 0 fully saturated rings. The number of aromatic nitrogens is 4. The molecule has 0 aliphatic carbocycles. The highest BCUT2D eigenvalue weighted by Crippen LogP contribution is 2.16. The van der Waals surface area contributed by atoms with Gasteiger partial charge in [-0.05, 0) is 0 Å². The quantitative estimate of drug-likeness (QED) is 0.612. The fraction of sp³-hybridized carbons (Fsp3) is 0.167. The maximum absolute atomic E-state index is 11.9. The molecule has 0 atom stereocenters. The molecule has 80 valence electrons. The highest BCUT2D eigenvalue weighted by molar-refractivity contribution is 5.69. The summed E-state index contributed by atoms with van der Waals surface area (Å²) in [5.74, 6) is -0.677. The smallest absolute Gasteiger partial charge is 0.329 e. The highest BCUT2D eigenvalue weighted by atomic mass is 19.4. The third-order valence-corrected chi connectivity index (χ3v) is 1.55. The van der Waals surface area contributed by atoms with Crippen molar-refractivity contribution in [2.75, 3.05) is 5.32 Å². The van der Waals surface area contributed by atoms with E-state index in [4.69, 9.17) is 0 Å². The maximum atomic E-state index is 11.9. The van der Waals surface area contributed by atoms with Crippen LogP contribution in [0.3, 0.4) is 0 Å². The number of halogens is 3. The van der Waals surface area contributed by atoms with Gasteiger partial charge >= 0.3 is 6.30 Å². The first-order valence-corrected chi connectivity index (χ1v) is 3.74. The molecule has 0 saturated carbocycles. The number of H-pyrrole nitrogens is 2. The van der Waals surface area contributed by atoms with Crippen molar-refractivity contribution < 1.29 is 13.2 Å². The molecule has 2 aromatic rings. The monoisotopic (exact) mass is 219 g/mol. The van der Waals surface area contributed by atoms with Gasteiger partial charge in [0.25, 0.3) is 5.56 Å². The Morgan fingerprint density at radius 3 is 2.80 bits per heavy atom. The summed E-state index contributed by atoms with van der Waals surface area (Å²) >= 11 is 0.